The van der Waals surface area contributed by atoms with Crippen molar-refractivity contribution in [2.45, 2.75) is 0 Å². The van der Waals surface area contributed by atoms with Crippen molar-refractivity contribution < 1.29 is 9.59 Å². The summed E-state index contributed by atoms with van der Waals surface area (Å²) >= 11 is 0. The molecule has 0 saturated carbocycles. The van der Waals surface area contributed by atoms with Crippen LogP contribution in [0.1, 0.15) is 22.3 Å². The van der Waals surface area contributed by atoms with Gasteiger partial charge in [-0.05, 0) is 24.3 Å². The Kier molecular flexibility index (Phi) is 3.84. The van der Waals surface area contributed by atoms with E-state index in [0.29, 0.717) is 44.8 Å². The molecule has 0 bridgehead atoms. The van der Waals surface area contributed by atoms with E-state index in [2.05, 4.69) is 12.1 Å². The van der Waals surface area contributed by atoms with E-state index in [9.17, 15) is 20.1 Å². The zero-order valence-corrected chi connectivity index (χ0v) is 15.2. The second-order valence-electron chi connectivity index (χ2n) is 6.56. The average Bonchev–Trinajstić information content (AvgIpc) is 3.13. The maximum atomic E-state index is 13.1. The van der Waals surface area contributed by atoms with E-state index >= 15 is 0 Å². The number of nitriles is 2. The molecule has 0 N–H and O–H groups in total. The molecule has 6 nitrogen and oxygen atoms in total. The summed E-state index contributed by atoms with van der Waals surface area (Å²) in [5.41, 5.74) is 3.78. The third kappa shape index (κ3) is 2.33. The Balaban J connectivity index is 2.00. The lowest BCUT2D eigenvalue weighted by Crippen LogP contribution is -2.25. The fourth-order valence-corrected chi connectivity index (χ4v) is 3.68. The van der Waals surface area contributed by atoms with Crippen LogP contribution in [0, 0.1) is 22.7 Å². The Morgan fingerprint density at radius 2 is 1.11 bits per heavy atom. The molecule has 0 aliphatic carbocycles. The predicted molar refractivity (Wildman–Crippen MR) is 102 cm³/mol. The molecule has 0 aromatic heterocycles. The predicted octanol–water partition coefficient (Wildman–Crippen LogP) is 2.50. The van der Waals surface area contributed by atoms with Crippen molar-refractivity contribution in [2.75, 3.05) is 14.1 Å². The maximum absolute atomic E-state index is 13.1. The quantitative estimate of drug-likeness (QED) is 0.817. The van der Waals surface area contributed by atoms with Crippen LogP contribution in [0.25, 0.3) is 11.4 Å². The number of benzene rings is 2. The van der Waals surface area contributed by atoms with E-state index < -0.39 is 0 Å². The number of likely N-dealkylation sites (N-methyl/N-ethyl adjacent to an activating group) is 2. The van der Waals surface area contributed by atoms with Crippen molar-refractivity contribution in [3.8, 4) is 12.1 Å². The van der Waals surface area contributed by atoms with E-state index in [-0.39, 0.29) is 11.8 Å². The van der Waals surface area contributed by atoms with Crippen LogP contribution < -0.4 is 0 Å². The number of rotatable bonds is 2. The number of hydrogen-bond donors (Lipinski definition) is 0. The van der Waals surface area contributed by atoms with Crippen LogP contribution in [0.2, 0.25) is 0 Å². The van der Waals surface area contributed by atoms with Gasteiger partial charge in [-0.25, -0.2) is 0 Å². The zero-order valence-electron chi connectivity index (χ0n) is 15.2. The van der Waals surface area contributed by atoms with Gasteiger partial charge in [0.25, 0.3) is 11.8 Å². The number of amides is 2. The standard InChI is InChI=1S/C22H14N4O2/c1-25-19(15-7-3-5-13(9-15)11-23)17-18(21(25)27)20(26(2)22(17)28)16-8-4-6-14(10-16)12-24/h3-10H,1-2H3. The van der Waals surface area contributed by atoms with Crippen molar-refractivity contribution in [1.82, 2.24) is 9.80 Å². The van der Waals surface area contributed by atoms with Crippen LogP contribution in [-0.4, -0.2) is 35.7 Å². The van der Waals surface area contributed by atoms with Crippen LogP contribution in [-0.2, 0) is 9.59 Å². The van der Waals surface area contributed by atoms with E-state index in [1.54, 1.807) is 62.6 Å². The summed E-state index contributed by atoms with van der Waals surface area (Å²) in [4.78, 5) is 29.0. The summed E-state index contributed by atoms with van der Waals surface area (Å²) in [6.45, 7) is 0. The second kappa shape index (κ2) is 6.22. The normalized spacial score (nSPS) is 15.9. The summed E-state index contributed by atoms with van der Waals surface area (Å²) in [6, 6.07) is 17.8. The highest BCUT2D eigenvalue weighted by atomic mass is 16.2. The van der Waals surface area contributed by atoms with Gasteiger partial charge in [0, 0.05) is 25.2 Å². The first-order valence-electron chi connectivity index (χ1n) is 8.54. The molecule has 2 heterocycles. The molecule has 2 aromatic rings. The van der Waals surface area contributed by atoms with E-state index in [1.165, 1.54) is 9.80 Å². The van der Waals surface area contributed by atoms with Crippen molar-refractivity contribution in [3.63, 3.8) is 0 Å². The Morgan fingerprint density at radius 3 is 1.46 bits per heavy atom. The van der Waals surface area contributed by atoms with E-state index in [0.717, 1.165) is 0 Å². The van der Waals surface area contributed by atoms with Gasteiger partial charge in [0.1, 0.15) is 0 Å². The minimum Gasteiger partial charge on any atom is -0.310 e. The minimum atomic E-state index is -0.289. The summed E-state index contributed by atoms with van der Waals surface area (Å²) in [5, 5.41) is 18.4. The van der Waals surface area contributed by atoms with Crippen LogP contribution in [0.15, 0.2) is 59.7 Å². The van der Waals surface area contributed by atoms with Crippen molar-refractivity contribution in [1.29, 1.82) is 10.5 Å². The van der Waals surface area contributed by atoms with Gasteiger partial charge in [0.15, 0.2) is 0 Å². The lowest BCUT2D eigenvalue weighted by molar-refractivity contribution is -0.123. The first-order chi connectivity index (χ1) is 13.5. The van der Waals surface area contributed by atoms with Gasteiger partial charge in [0.05, 0.1) is 45.8 Å². The molecule has 0 unspecified atom stereocenters. The summed E-state index contributed by atoms with van der Waals surface area (Å²) in [7, 11) is 3.23. The van der Waals surface area contributed by atoms with E-state index in [4.69, 9.17) is 0 Å². The highest BCUT2D eigenvalue weighted by Gasteiger charge is 2.46. The number of hydrogen-bond acceptors (Lipinski definition) is 4. The fourth-order valence-electron chi connectivity index (χ4n) is 3.68. The molecule has 6 heteroatoms. The van der Waals surface area contributed by atoms with Crippen LogP contribution in [0.5, 0.6) is 0 Å². The lowest BCUT2D eigenvalue weighted by atomic mass is 10.0. The molecule has 0 radical (unpaired) electrons. The molecular formula is C22H14N4O2. The first kappa shape index (κ1) is 17.3. The topological polar surface area (TPSA) is 88.2 Å². The van der Waals surface area contributed by atoms with Crippen LogP contribution in [0.3, 0.4) is 0 Å². The van der Waals surface area contributed by atoms with Crippen molar-refractivity contribution in [2.24, 2.45) is 0 Å². The van der Waals surface area contributed by atoms with Gasteiger partial charge >= 0.3 is 0 Å². The lowest BCUT2D eigenvalue weighted by Gasteiger charge is -2.20. The van der Waals surface area contributed by atoms with E-state index in [1.807, 2.05) is 0 Å². The molecule has 2 aliphatic rings. The molecule has 4 rings (SSSR count). The third-order valence-electron chi connectivity index (χ3n) is 4.96. The largest absolute Gasteiger partial charge is 0.310 e. The second-order valence-corrected chi connectivity index (χ2v) is 6.56. The summed E-state index contributed by atoms with van der Waals surface area (Å²) in [5.74, 6) is -0.579. The molecule has 28 heavy (non-hydrogen) atoms. The summed E-state index contributed by atoms with van der Waals surface area (Å²) in [6.07, 6.45) is 0. The highest BCUT2D eigenvalue weighted by molar-refractivity contribution is 6.30. The Bertz CT molecular complexity index is 1110. The molecule has 0 spiro atoms. The van der Waals surface area contributed by atoms with Crippen LogP contribution in [0.4, 0.5) is 0 Å². The van der Waals surface area contributed by atoms with Gasteiger partial charge in [-0.2, -0.15) is 10.5 Å². The Hall–Kier alpha value is -4.16. The highest BCUT2D eigenvalue weighted by Crippen LogP contribution is 2.45. The van der Waals surface area contributed by atoms with Gasteiger partial charge in [-0.3, -0.25) is 9.59 Å². The molecule has 0 saturated heterocycles. The molecule has 0 atom stereocenters. The molecule has 0 fully saturated rings. The third-order valence-corrected chi connectivity index (χ3v) is 4.96. The van der Waals surface area contributed by atoms with Gasteiger partial charge in [-0.1, -0.05) is 24.3 Å². The number of fused-ring (bicyclic) bond motifs is 1. The average molecular weight is 366 g/mol. The Labute approximate surface area is 161 Å². The SMILES string of the molecule is CN1C(=O)C2=C(c3cccc(C#N)c3)N(C)C(=O)C2=C1c1cccc(C#N)c1. The van der Waals surface area contributed by atoms with Crippen molar-refractivity contribution >= 4 is 23.2 Å². The number of carbonyl (C=O) groups excluding carboxylic acids is 2. The molecule has 2 aromatic carbocycles. The number of nitrogens with zero attached hydrogens (tertiary/aromatic N) is 4. The van der Waals surface area contributed by atoms with Crippen molar-refractivity contribution in [3.05, 3.63) is 81.9 Å². The molecule has 2 amide bonds. The van der Waals surface area contributed by atoms with Gasteiger partial charge in [-0.15, -0.1) is 0 Å². The fraction of sp³-hybridized carbons (Fsp3) is 0.0909. The van der Waals surface area contributed by atoms with Crippen LogP contribution >= 0.6 is 0 Å². The van der Waals surface area contributed by atoms with Gasteiger partial charge < -0.3 is 9.80 Å². The minimum absolute atomic E-state index is 0.289. The monoisotopic (exact) mass is 366 g/mol. The Morgan fingerprint density at radius 1 is 0.714 bits per heavy atom. The molecule has 2 aliphatic heterocycles. The maximum Gasteiger partial charge on any atom is 0.261 e. The zero-order chi connectivity index (χ0) is 20.0. The molecule has 134 valence electrons. The smallest absolute Gasteiger partial charge is 0.261 e. The first-order valence-corrected chi connectivity index (χ1v) is 8.54. The number of carbonyl (C=O) groups is 2. The molecular weight excluding hydrogens is 352 g/mol. The van der Waals surface area contributed by atoms with Gasteiger partial charge in [0.2, 0.25) is 0 Å². The summed E-state index contributed by atoms with van der Waals surface area (Å²) < 4.78 is 0.